The van der Waals surface area contributed by atoms with Gasteiger partial charge in [0.15, 0.2) is 0 Å². The lowest BCUT2D eigenvalue weighted by Gasteiger charge is -1.99. The zero-order chi connectivity index (χ0) is 12.1. The largest absolute Gasteiger partial charge is 0.507 e. The number of carbonyl (C=O) groups excluding carboxylic acids is 2. The Bertz CT molecular complexity index is 451. The molecule has 1 aromatic carbocycles. The van der Waals surface area contributed by atoms with Gasteiger partial charge in [0.05, 0.1) is 7.11 Å². The Morgan fingerprint density at radius 1 is 1.44 bits per heavy atom. The van der Waals surface area contributed by atoms with E-state index in [1.165, 1.54) is 18.2 Å². The molecule has 0 saturated carbocycles. The van der Waals surface area contributed by atoms with Crippen LogP contribution in [0.3, 0.4) is 0 Å². The normalized spacial score (nSPS) is 11.0. The van der Waals surface area contributed by atoms with Crippen molar-refractivity contribution in [2.24, 2.45) is 0 Å². The fraction of sp³-hybridized carbons (Fsp3) is 0.0909. The lowest BCUT2D eigenvalue weighted by atomic mass is 10.1. The fourth-order valence-electron chi connectivity index (χ4n) is 1.01. The van der Waals surface area contributed by atoms with Gasteiger partial charge in [-0.15, -0.1) is 0 Å². The number of hydrogen-bond acceptors (Lipinski definition) is 4. The molecular formula is C11H9FO4. The third-order valence-corrected chi connectivity index (χ3v) is 1.77. The Labute approximate surface area is 91.0 Å². The number of benzene rings is 1. The molecule has 0 bridgehead atoms. The van der Waals surface area contributed by atoms with Gasteiger partial charge in [-0.2, -0.15) is 0 Å². The zero-order valence-corrected chi connectivity index (χ0v) is 8.44. The average Bonchev–Trinajstić information content (AvgIpc) is 2.27. The molecule has 0 aliphatic heterocycles. The molecular weight excluding hydrogens is 215 g/mol. The molecule has 0 saturated heterocycles. The molecule has 84 valence electrons. The SMILES string of the molecule is COC(=O)C(=O)C=C(O)c1cccc(F)c1. The van der Waals surface area contributed by atoms with Gasteiger partial charge in [-0.05, 0) is 12.1 Å². The molecule has 0 heterocycles. The average molecular weight is 224 g/mol. The van der Waals surface area contributed by atoms with Crippen molar-refractivity contribution >= 4 is 17.5 Å². The number of ketones is 1. The number of rotatable bonds is 3. The Kier molecular flexibility index (Phi) is 3.77. The highest BCUT2D eigenvalue weighted by Gasteiger charge is 2.12. The number of aliphatic hydroxyl groups excluding tert-OH is 1. The molecule has 1 N–H and O–H groups in total. The van der Waals surface area contributed by atoms with E-state index in [1.54, 1.807) is 0 Å². The van der Waals surface area contributed by atoms with Crippen LogP contribution in [-0.4, -0.2) is 24.0 Å². The summed E-state index contributed by atoms with van der Waals surface area (Å²) in [6, 6.07) is 5.01. The van der Waals surface area contributed by atoms with Gasteiger partial charge in [0.2, 0.25) is 0 Å². The topological polar surface area (TPSA) is 63.6 Å². The minimum absolute atomic E-state index is 0.109. The van der Waals surface area contributed by atoms with Crippen LogP contribution < -0.4 is 0 Å². The molecule has 0 aliphatic rings. The van der Waals surface area contributed by atoms with E-state index in [0.717, 1.165) is 13.2 Å². The quantitative estimate of drug-likeness (QED) is 0.365. The number of carbonyl (C=O) groups is 2. The predicted octanol–water partition coefficient (Wildman–Crippen LogP) is 1.47. The molecule has 1 aromatic rings. The smallest absolute Gasteiger partial charge is 0.378 e. The van der Waals surface area contributed by atoms with Crippen LogP contribution in [0.1, 0.15) is 5.56 Å². The molecule has 16 heavy (non-hydrogen) atoms. The van der Waals surface area contributed by atoms with Crippen LogP contribution in [0.5, 0.6) is 0 Å². The van der Waals surface area contributed by atoms with E-state index in [1.807, 2.05) is 0 Å². The number of ether oxygens (including phenoxy) is 1. The Balaban J connectivity index is 2.93. The van der Waals surface area contributed by atoms with Gasteiger partial charge < -0.3 is 9.84 Å². The van der Waals surface area contributed by atoms with Crippen molar-refractivity contribution in [2.75, 3.05) is 7.11 Å². The van der Waals surface area contributed by atoms with Crippen LogP contribution in [0.4, 0.5) is 4.39 Å². The third-order valence-electron chi connectivity index (χ3n) is 1.77. The van der Waals surface area contributed by atoms with Crippen molar-refractivity contribution in [3.8, 4) is 0 Å². The van der Waals surface area contributed by atoms with Crippen LogP contribution in [0.2, 0.25) is 0 Å². The summed E-state index contributed by atoms with van der Waals surface area (Å²) in [6.45, 7) is 0. The maximum Gasteiger partial charge on any atom is 0.378 e. The highest BCUT2D eigenvalue weighted by Crippen LogP contribution is 2.12. The molecule has 0 radical (unpaired) electrons. The second kappa shape index (κ2) is 5.06. The van der Waals surface area contributed by atoms with Crippen LogP contribution >= 0.6 is 0 Å². The summed E-state index contributed by atoms with van der Waals surface area (Å²) in [5.74, 6) is -3.15. The standard InChI is InChI=1S/C11H9FO4/c1-16-11(15)10(14)6-9(13)7-3-2-4-8(12)5-7/h2-6,13H,1H3. The van der Waals surface area contributed by atoms with E-state index in [9.17, 15) is 19.1 Å². The molecule has 5 heteroatoms. The maximum absolute atomic E-state index is 12.8. The second-order valence-corrected chi connectivity index (χ2v) is 2.90. The molecule has 1 rings (SSSR count). The van der Waals surface area contributed by atoms with E-state index >= 15 is 0 Å². The van der Waals surface area contributed by atoms with Gasteiger partial charge in [0, 0.05) is 11.6 Å². The van der Waals surface area contributed by atoms with Crippen molar-refractivity contribution in [1.29, 1.82) is 0 Å². The molecule has 0 fully saturated rings. The van der Waals surface area contributed by atoms with E-state index in [-0.39, 0.29) is 5.56 Å². The molecule has 0 spiro atoms. The second-order valence-electron chi connectivity index (χ2n) is 2.90. The first kappa shape index (κ1) is 11.9. The monoisotopic (exact) mass is 224 g/mol. The first-order chi connectivity index (χ1) is 7.54. The summed E-state index contributed by atoms with van der Waals surface area (Å²) in [6.07, 6.45) is 0.681. The minimum atomic E-state index is -1.09. The predicted molar refractivity (Wildman–Crippen MR) is 54.0 cm³/mol. The van der Waals surface area contributed by atoms with Gasteiger partial charge in [-0.3, -0.25) is 4.79 Å². The third kappa shape index (κ3) is 2.91. The van der Waals surface area contributed by atoms with Crippen molar-refractivity contribution in [3.05, 3.63) is 41.7 Å². The lowest BCUT2D eigenvalue weighted by Crippen LogP contribution is -2.13. The summed E-state index contributed by atoms with van der Waals surface area (Å²) in [5.41, 5.74) is 0.109. The Morgan fingerprint density at radius 2 is 2.12 bits per heavy atom. The zero-order valence-electron chi connectivity index (χ0n) is 8.44. The van der Waals surface area contributed by atoms with Gasteiger partial charge in [-0.1, -0.05) is 12.1 Å². The maximum atomic E-state index is 12.8. The molecule has 0 unspecified atom stereocenters. The minimum Gasteiger partial charge on any atom is -0.507 e. The van der Waals surface area contributed by atoms with Crippen molar-refractivity contribution in [2.45, 2.75) is 0 Å². The van der Waals surface area contributed by atoms with Crippen LogP contribution in [0, 0.1) is 5.82 Å². The number of aliphatic hydroxyl groups is 1. The highest BCUT2D eigenvalue weighted by molar-refractivity contribution is 6.39. The van der Waals surface area contributed by atoms with Gasteiger partial charge in [0.25, 0.3) is 5.78 Å². The Morgan fingerprint density at radius 3 is 2.69 bits per heavy atom. The first-order valence-electron chi connectivity index (χ1n) is 4.33. The number of methoxy groups -OCH3 is 1. The first-order valence-corrected chi connectivity index (χ1v) is 4.33. The van der Waals surface area contributed by atoms with E-state index in [4.69, 9.17) is 0 Å². The summed E-state index contributed by atoms with van der Waals surface area (Å²) in [4.78, 5) is 21.8. The molecule has 0 amide bonds. The van der Waals surface area contributed by atoms with Gasteiger partial charge >= 0.3 is 5.97 Å². The summed E-state index contributed by atoms with van der Waals surface area (Å²) >= 11 is 0. The molecule has 0 aliphatic carbocycles. The van der Waals surface area contributed by atoms with Gasteiger partial charge in [0.1, 0.15) is 11.6 Å². The summed E-state index contributed by atoms with van der Waals surface area (Å²) < 4.78 is 16.9. The van der Waals surface area contributed by atoms with Crippen LogP contribution in [-0.2, 0) is 14.3 Å². The highest BCUT2D eigenvalue weighted by atomic mass is 19.1. The fourth-order valence-corrected chi connectivity index (χ4v) is 1.01. The van der Waals surface area contributed by atoms with E-state index in [0.29, 0.717) is 6.08 Å². The van der Waals surface area contributed by atoms with E-state index < -0.39 is 23.3 Å². The van der Waals surface area contributed by atoms with Crippen molar-refractivity contribution < 1.29 is 23.8 Å². The van der Waals surface area contributed by atoms with Gasteiger partial charge in [-0.25, -0.2) is 9.18 Å². The molecule has 4 nitrogen and oxygen atoms in total. The van der Waals surface area contributed by atoms with Crippen LogP contribution in [0.15, 0.2) is 30.3 Å². The Hall–Kier alpha value is -2.17. The number of hydrogen-bond donors (Lipinski definition) is 1. The number of halogens is 1. The summed E-state index contributed by atoms with van der Waals surface area (Å²) in [7, 11) is 1.05. The van der Waals surface area contributed by atoms with Crippen molar-refractivity contribution in [3.63, 3.8) is 0 Å². The molecule has 0 aromatic heterocycles. The van der Waals surface area contributed by atoms with Crippen LogP contribution in [0.25, 0.3) is 5.76 Å². The summed E-state index contributed by atoms with van der Waals surface area (Å²) in [5, 5.41) is 9.43. The lowest BCUT2D eigenvalue weighted by molar-refractivity contribution is -0.149. The van der Waals surface area contributed by atoms with E-state index in [2.05, 4.69) is 4.74 Å². The molecule has 0 atom stereocenters. The van der Waals surface area contributed by atoms with Crippen molar-refractivity contribution in [1.82, 2.24) is 0 Å². The number of esters is 1.